The highest BCUT2D eigenvalue weighted by atomic mass is 32.2. The fourth-order valence-electron chi connectivity index (χ4n) is 3.15. The molecule has 1 amide bonds. The highest BCUT2D eigenvalue weighted by Gasteiger charge is 2.30. The largest absolute Gasteiger partial charge is 0.496 e. The van der Waals surface area contributed by atoms with Gasteiger partial charge in [0.1, 0.15) is 11.5 Å². The molecular weight excluding hydrogens is 360 g/mol. The lowest BCUT2D eigenvalue weighted by Gasteiger charge is -2.35. The standard InChI is InChI=1S/C21H26N2O3S/c1-4-11-22-21(24)19-14-23(16-7-5-6-8-17(16)26-19)13-15-9-10-18(25-2)20(12-15)27-3/h5-10,12,19H,4,11,13-14H2,1-3H3,(H,22,24)/t19-/m0/s1. The van der Waals surface area contributed by atoms with Crippen LogP contribution in [0.4, 0.5) is 5.69 Å². The third kappa shape index (κ3) is 4.50. The average Bonchev–Trinajstić information content (AvgIpc) is 2.71. The molecule has 0 spiro atoms. The Hall–Kier alpha value is -2.34. The molecular formula is C21H26N2O3S. The number of benzene rings is 2. The van der Waals surface area contributed by atoms with Crippen LogP contribution in [0.15, 0.2) is 47.4 Å². The van der Waals surface area contributed by atoms with Crippen LogP contribution >= 0.6 is 11.8 Å². The zero-order valence-corrected chi connectivity index (χ0v) is 16.8. The molecule has 1 N–H and O–H groups in total. The second kappa shape index (κ2) is 9.04. The van der Waals surface area contributed by atoms with Gasteiger partial charge in [-0.05, 0) is 42.5 Å². The highest BCUT2D eigenvalue weighted by molar-refractivity contribution is 7.98. The molecule has 0 unspecified atom stereocenters. The monoisotopic (exact) mass is 386 g/mol. The molecule has 5 nitrogen and oxygen atoms in total. The van der Waals surface area contributed by atoms with Crippen LogP contribution in [-0.4, -0.2) is 38.5 Å². The van der Waals surface area contributed by atoms with Crippen molar-refractivity contribution in [2.75, 3.05) is 31.4 Å². The Morgan fingerprint density at radius 2 is 2.15 bits per heavy atom. The normalized spacial score (nSPS) is 15.7. The molecule has 27 heavy (non-hydrogen) atoms. The summed E-state index contributed by atoms with van der Waals surface area (Å²) in [5.74, 6) is 1.57. The van der Waals surface area contributed by atoms with Crippen molar-refractivity contribution in [2.24, 2.45) is 0 Å². The lowest BCUT2D eigenvalue weighted by molar-refractivity contribution is -0.127. The lowest BCUT2D eigenvalue weighted by atomic mass is 10.1. The van der Waals surface area contributed by atoms with Crippen LogP contribution in [0, 0.1) is 0 Å². The highest BCUT2D eigenvalue weighted by Crippen LogP contribution is 2.35. The SMILES string of the molecule is CCCNC(=O)[C@@H]1CN(Cc2ccc(OC)c(SC)c2)c2ccccc2O1. The molecule has 1 heterocycles. The Bertz CT molecular complexity index is 797. The number of anilines is 1. The van der Waals surface area contributed by atoms with Crippen LogP contribution in [0.1, 0.15) is 18.9 Å². The zero-order valence-electron chi connectivity index (χ0n) is 16.0. The van der Waals surface area contributed by atoms with E-state index in [4.69, 9.17) is 9.47 Å². The lowest BCUT2D eigenvalue weighted by Crippen LogP contribution is -2.48. The molecule has 0 aliphatic carbocycles. The Morgan fingerprint density at radius 1 is 1.33 bits per heavy atom. The molecule has 1 atom stereocenters. The number of para-hydroxylation sites is 2. The smallest absolute Gasteiger partial charge is 0.262 e. The van der Waals surface area contributed by atoms with Crippen LogP contribution in [0.25, 0.3) is 0 Å². The first-order chi connectivity index (χ1) is 13.2. The Labute approximate surface area is 165 Å². The van der Waals surface area contributed by atoms with Gasteiger partial charge in [0, 0.05) is 18.0 Å². The van der Waals surface area contributed by atoms with Crippen LogP contribution in [0.5, 0.6) is 11.5 Å². The van der Waals surface area contributed by atoms with Gasteiger partial charge < -0.3 is 19.7 Å². The summed E-state index contributed by atoms with van der Waals surface area (Å²) in [5.41, 5.74) is 2.18. The van der Waals surface area contributed by atoms with E-state index in [1.807, 2.05) is 43.5 Å². The van der Waals surface area contributed by atoms with Gasteiger partial charge in [0.15, 0.2) is 6.10 Å². The predicted octanol–water partition coefficient (Wildman–Crippen LogP) is 3.71. The molecule has 0 radical (unpaired) electrons. The van der Waals surface area contributed by atoms with Crippen molar-refractivity contribution in [3.63, 3.8) is 0 Å². The predicted molar refractivity (Wildman–Crippen MR) is 110 cm³/mol. The summed E-state index contributed by atoms with van der Waals surface area (Å²) < 4.78 is 11.4. The van der Waals surface area contributed by atoms with Gasteiger partial charge in [0.05, 0.1) is 19.3 Å². The van der Waals surface area contributed by atoms with Gasteiger partial charge in [0.2, 0.25) is 0 Å². The summed E-state index contributed by atoms with van der Waals surface area (Å²) in [6.45, 7) is 3.93. The molecule has 144 valence electrons. The first-order valence-corrected chi connectivity index (χ1v) is 10.4. The van der Waals surface area contributed by atoms with Crippen molar-refractivity contribution >= 4 is 23.4 Å². The van der Waals surface area contributed by atoms with E-state index in [-0.39, 0.29) is 5.91 Å². The maximum absolute atomic E-state index is 12.5. The van der Waals surface area contributed by atoms with E-state index in [1.165, 1.54) is 5.56 Å². The fraction of sp³-hybridized carbons (Fsp3) is 0.381. The number of carbonyl (C=O) groups excluding carboxylic acids is 1. The zero-order chi connectivity index (χ0) is 19.2. The summed E-state index contributed by atoms with van der Waals surface area (Å²) in [7, 11) is 1.69. The molecule has 1 aliphatic heterocycles. The molecule has 6 heteroatoms. The third-order valence-corrected chi connectivity index (χ3v) is 5.28. The second-order valence-corrected chi connectivity index (χ2v) is 7.28. The van der Waals surface area contributed by atoms with E-state index in [9.17, 15) is 4.79 Å². The van der Waals surface area contributed by atoms with E-state index in [1.54, 1.807) is 18.9 Å². The van der Waals surface area contributed by atoms with Crippen molar-refractivity contribution in [2.45, 2.75) is 30.9 Å². The molecule has 0 bridgehead atoms. The Balaban J connectivity index is 1.83. The number of amides is 1. The number of fused-ring (bicyclic) bond motifs is 1. The topological polar surface area (TPSA) is 50.8 Å². The number of carbonyl (C=O) groups is 1. The van der Waals surface area contributed by atoms with E-state index in [0.717, 1.165) is 28.5 Å². The van der Waals surface area contributed by atoms with Crippen molar-refractivity contribution in [1.82, 2.24) is 5.32 Å². The maximum Gasteiger partial charge on any atom is 0.262 e. The van der Waals surface area contributed by atoms with Gasteiger partial charge in [-0.15, -0.1) is 11.8 Å². The summed E-state index contributed by atoms with van der Waals surface area (Å²) in [4.78, 5) is 15.8. The number of hydrogen-bond donors (Lipinski definition) is 1. The van der Waals surface area contributed by atoms with Gasteiger partial charge in [-0.1, -0.05) is 25.1 Å². The molecule has 0 aromatic heterocycles. The van der Waals surface area contributed by atoms with Crippen molar-refractivity contribution in [1.29, 1.82) is 0 Å². The van der Waals surface area contributed by atoms with Gasteiger partial charge in [-0.3, -0.25) is 4.79 Å². The number of rotatable bonds is 7. The number of hydrogen-bond acceptors (Lipinski definition) is 5. The van der Waals surface area contributed by atoms with E-state index >= 15 is 0 Å². The van der Waals surface area contributed by atoms with Crippen LogP contribution in [-0.2, 0) is 11.3 Å². The minimum Gasteiger partial charge on any atom is -0.496 e. The van der Waals surface area contributed by atoms with Crippen LogP contribution in [0.2, 0.25) is 0 Å². The molecule has 2 aromatic rings. The molecule has 0 fully saturated rings. The minimum absolute atomic E-state index is 0.0594. The summed E-state index contributed by atoms with van der Waals surface area (Å²) >= 11 is 1.66. The summed E-state index contributed by atoms with van der Waals surface area (Å²) in [5, 5.41) is 2.94. The summed E-state index contributed by atoms with van der Waals surface area (Å²) in [6.07, 6.45) is 2.44. The second-order valence-electron chi connectivity index (χ2n) is 6.44. The maximum atomic E-state index is 12.5. The van der Waals surface area contributed by atoms with Gasteiger partial charge in [-0.25, -0.2) is 0 Å². The number of nitrogens with one attached hydrogen (secondary N) is 1. The minimum atomic E-state index is -0.510. The molecule has 3 rings (SSSR count). The Morgan fingerprint density at radius 3 is 2.89 bits per heavy atom. The first-order valence-electron chi connectivity index (χ1n) is 9.15. The van der Waals surface area contributed by atoms with Gasteiger partial charge in [-0.2, -0.15) is 0 Å². The van der Waals surface area contributed by atoms with Crippen molar-refractivity contribution < 1.29 is 14.3 Å². The van der Waals surface area contributed by atoms with E-state index < -0.39 is 6.10 Å². The third-order valence-electron chi connectivity index (χ3n) is 4.52. The fourth-order valence-corrected chi connectivity index (χ4v) is 3.78. The quantitative estimate of drug-likeness (QED) is 0.735. The van der Waals surface area contributed by atoms with Crippen molar-refractivity contribution in [3.8, 4) is 11.5 Å². The van der Waals surface area contributed by atoms with Crippen LogP contribution in [0.3, 0.4) is 0 Å². The van der Waals surface area contributed by atoms with Crippen molar-refractivity contribution in [3.05, 3.63) is 48.0 Å². The molecule has 0 saturated carbocycles. The molecule has 0 saturated heterocycles. The molecule has 2 aromatic carbocycles. The molecule has 1 aliphatic rings. The number of thioether (sulfide) groups is 1. The van der Waals surface area contributed by atoms with Gasteiger partial charge >= 0.3 is 0 Å². The number of nitrogens with zero attached hydrogens (tertiary/aromatic N) is 1. The van der Waals surface area contributed by atoms with E-state index in [2.05, 4.69) is 22.3 Å². The van der Waals surface area contributed by atoms with E-state index in [0.29, 0.717) is 19.6 Å². The number of methoxy groups -OCH3 is 1. The van der Waals surface area contributed by atoms with Gasteiger partial charge in [0.25, 0.3) is 5.91 Å². The first kappa shape index (κ1) is 19.4. The van der Waals surface area contributed by atoms with Crippen LogP contribution < -0.4 is 19.7 Å². The summed E-state index contributed by atoms with van der Waals surface area (Å²) in [6, 6.07) is 14.1. The number of ether oxygens (including phenoxy) is 2. The Kier molecular flexibility index (Phi) is 6.50. The average molecular weight is 387 g/mol.